The van der Waals surface area contributed by atoms with E-state index in [-0.39, 0.29) is 30.6 Å². The van der Waals surface area contributed by atoms with E-state index in [9.17, 15) is 14.7 Å². The Kier molecular flexibility index (Phi) is 13.7. The molecule has 3 atom stereocenters. The van der Waals surface area contributed by atoms with Gasteiger partial charge in [-0.05, 0) is 71.0 Å². The van der Waals surface area contributed by atoms with Crippen molar-refractivity contribution in [3.63, 3.8) is 0 Å². The van der Waals surface area contributed by atoms with Crippen molar-refractivity contribution in [1.82, 2.24) is 10.3 Å². The number of ether oxygens (including phenoxy) is 2. The Bertz CT molecular complexity index is 1920. The third-order valence-electron chi connectivity index (χ3n) is 9.15. The minimum absolute atomic E-state index is 0.00171. The second-order valence-corrected chi connectivity index (χ2v) is 14.2. The molecule has 2 amide bonds. The molecule has 1 aliphatic rings. The van der Waals surface area contributed by atoms with Gasteiger partial charge < -0.3 is 30.9 Å². The van der Waals surface area contributed by atoms with E-state index < -0.39 is 6.29 Å². The molecule has 10 heteroatoms. The van der Waals surface area contributed by atoms with Gasteiger partial charge in [0.15, 0.2) is 6.29 Å². The van der Waals surface area contributed by atoms with Crippen LogP contribution >= 0.6 is 11.8 Å². The van der Waals surface area contributed by atoms with Crippen molar-refractivity contribution in [2.24, 2.45) is 0 Å². The minimum Gasteiger partial charge on any atom is -0.397 e. The Morgan fingerprint density at radius 1 is 0.774 bits per heavy atom. The van der Waals surface area contributed by atoms with Gasteiger partial charge in [-0.1, -0.05) is 91.3 Å². The van der Waals surface area contributed by atoms with E-state index in [2.05, 4.69) is 52.0 Å². The zero-order valence-corrected chi connectivity index (χ0v) is 30.5. The Hall–Kier alpha value is -5.00. The molecule has 274 valence electrons. The maximum absolute atomic E-state index is 12.6. The van der Waals surface area contributed by atoms with Gasteiger partial charge in [0, 0.05) is 43.3 Å². The van der Waals surface area contributed by atoms with E-state index in [4.69, 9.17) is 15.2 Å². The summed E-state index contributed by atoms with van der Waals surface area (Å²) in [6.07, 6.45) is 4.77. The molecule has 0 saturated carbocycles. The van der Waals surface area contributed by atoms with Gasteiger partial charge in [0.2, 0.25) is 11.8 Å². The highest BCUT2D eigenvalue weighted by atomic mass is 32.2. The third kappa shape index (κ3) is 11.2. The number of anilines is 2. The molecule has 0 spiro atoms. The highest BCUT2D eigenvalue weighted by Gasteiger charge is 2.32. The third-order valence-corrected chi connectivity index (χ3v) is 10.2. The zero-order chi connectivity index (χ0) is 36.8. The summed E-state index contributed by atoms with van der Waals surface area (Å²) in [4.78, 5) is 29.3. The summed E-state index contributed by atoms with van der Waals surface area (Å²) in [5, 5.41) is 16.4. The van der Waals surface area contributed by atoms with Crippen LogP contribution in [0.4, 0.5) is 11.4 Å². The predicted octanol–water partition coefficient (Wildman–Crippen LogP) is 8.37. The molecule has 9 nitrogen and oxygen atoms in total. The van der Waals surface area contributed by atoms with Crippen molar-refractivity contribution in [2.45, 2.75) is 75.2 Å². The van der Waals surface area contributed by atoms with Crippen LogP contribution < -0.4 is 16.4 Å². The number of nitrogens with two attached hydrogens (primary N) is 1. The first-order chi connectivity index (χ1) is 25.9. The Morgan fingerprint density at radius 3 is 2.28 bits per heavy atom. The molecule has 1 aliphatic heterocycles. The molecule has 0 aliphatic carbocycles. The molecule has 53 heavy (non-hydrogen) atoms. The van der Waals surface area contributed by atoms with Crippen LogP contribution in [0.25, 0.3) is 11.1 Å². The number of para-hydroxylation sites is 2. The fourth-order valence-corrected chi connectivity index (χ4v) is 7.07. The number of carbonyl (C=O) groups excluding carboxylic acids is 2. The number of nitrogens with one attached hydrogen (secondary N) is 2. The standard InChI is InChI=1S/C43H46N4O5S/c44-37-11-4-5-12-38(37)47-41(50)14-3-1-2-13-40(49)46-27-31-9-8-10-35(25-31)32-20-22-34(23-21-32)43-51-36(29-53-42-15-6-7-24-45-42)26-39(52-43)33-18-16-30(28-48)17-19-33/h4-12,15-25,36,39,43,48H,1-3,13-14,26-29,44H2,(H,46,49)(H,47,50)/t36-,39+,43+/m1/s1. The van der Waals surface area contributed by atoms with E-state index in [1.165, 1.54) is 0 Å². The van der Waals surface area contributed by atoms with Crippen molar-refractivity contribution in [1.29, 1.82) is 0 Å². The van der Waals surface area contributed by atoms with E-state index in [1.807, 2.05) is 66.7 Å². The first-order valence-corrected chi connectivity index (χ1v) is 19.1. The smallest absolute Gasteiger partial charge is 0.224 e. The average Bonchev–Trinajstić information content (AvgIpc) is 3.20. The summed E-state index contributed by atoms with van der Waals surface area (Å²) in [5.74, 6) is 0.661. The number of carbonyl (C=O) groups is 2. The second-order valence-electron chi connectivity index (χ2n) is 13.1. The maximum atomic E-state index is 12.6. The van der Waals surface area contributed by atoms with E-state index in [1.54, 1.807) is 30.1 Å². The minimum atomic E-state index is -0.540. The van der Waals surface area contributed by atoms with Gasteiger partial charge in [-0.3, -0.25) is 9.59 Å². The number of amides is 2. The molecule has 5 N–H and O–H groups in total. The van der Waals surface area contributed by atoms with Gasteiger partial charge in [0.05, 0.1) is 35.2 Å². The lowest BCUT2D eigenvalue weighted by molar-refractivity contribution is -0.245. The molecule has 5 aromatic rings. The molecular formula is C43H46N4O5S. The average molecular weight is 731 g/mol. The van der Waals surface area contributed by atoms with Crippen molar-refractivity contribution < 1.29 is 24.2 Å². The molecule has 1 saturated heterocycles. The number of nitrogen functional groups attached to an aromatic ring is 1. The number of aliphatic hydroxyl groups is 1. The molecule has 6 rings (SSSR count). The Labute approximate surface area is 315 Å². The number of hydrogen-bond acceptors (Lipinski definition) is 8. The number of thioether (sulfide) groups is 1. The van der Waals surface area contributed by atoms with Gasteiger partial charge in [-0.2, -0.15) is 0 Å². The van der Waals surface area contributed by atoms with Gasteiger partial charge in [0.1, 0.15) is 0 Å². The summed E-state index contributed by atoms with van der Waals surface area (Å²) in [6.45, 7) is 0.440. The second kappa shape index (κ2) is 19.2. The van der Waals surface area contributed by atoms with Crippen LogP contribution in [0.5, 0.6) is 0 Å². The largest absolute Gasteiger partial charge is 0.397 e. The first kappa shape index (κ1) is 37.7. The number of pyridine rings is 1. The van der Waals surface area contributed by atoms with Gasteiger partial charge in [-0.15, -0.1) is 11.8 Å². The molecular weight excluding hydrogens is 685 g/mol. The topological polar surface area (TPSA) is 136 Å². The van der Waals surface area contributed by atoms with E-state index in [0.29, 0.717) is 50.0 Å². The highest BCUT2D eigenvalue weighted by molar-refractivity contribution is 7.99. The van der Waals surface area contributed by atoms with Gasteiger partial charge >= 0.3 is 0 Å². The Balaban J connectivity index is 0.996. The monoisotopic (exact) mass is 730 g/mol. The molecule has 1 aromatic heterocycles. The molecule has 0 bridgehead atoms. The lowest BCUT2D eigenvalue weighted by Crippen LogP contribution is -2.31. The number of aromatic nitrogens is 1. The van der Waals surface area contributed by atoms with E-state index >= 15 is 0 Å². The summed E-state index contributed by atoms with van der Waals surface area (Å²) in [6, 6.07) is 37.4. The van der Waals surface area contributed by atoms with Gasteiger partial charge in [0.25, 0.3) is 0 Å². The fourth-order valence-electron chi connectivity index (χ4n) is 6.19. The van der Waals surface area contributed by atoms with Crippen LogP contribution in [0, 0.1) is 0 Å². The molecule has 0 radical (unpaired) electrons. The van der Waals surface area contributed by atoms with Crippen molar-refractivity contribution in [3.05, 3.63) is 144 Å². The number of unbranched alkanes of at least 4 members (excludes halogenated alkanes) is 2. The van der Waals surface area contributed by atoms with E-state index in [0.717, 1.165) is 50.6 Å². The predicted molar refractivity (Wildman–Crippen MR) is 210 cm³/mol. The van der Waals surface area contributed by atoms with Crippen LogP contribution in [-0.2, 0) is 32.2 Å². The SMILES string of the molecule is Nc1ccccc1NC(=O)CCCCCC(=O)NCc1cccc(-c2ccc([C@H]3O[C@@H](CSc4ccccn4)C[C@@H](c4ccc(CO)cc4)O3)cc2)c1. The summed E-state index contributed by atoms with van der Waals surface area (Å²) in [5.41, 5.74) is 13.0. The lowest BCUT2D eigenvalue weighted by atomic mass is 9.99. The fraction of sp³-hybridized carbons (Fsp3) is 0.279. The number of aliphatic hydroxyl groups excluding tert-OH is 1. The highest BCUT2D eigenvalue weighted by Crippen LogP contribution is 2.39. The molecule has 1 fully saturated rings. The lowest BCUT2D eigenvalue weighted by Gasteiger charge is -2.36. The van der Waals surface area contributed by atoms with Gasteiger partial charge in [-0.25, -0.2) is 4.98 Å². The normalized spacial score (nSPS) is 16.9. The molecule has 2 heterocycles. The molecule has 4 aromatic carbocycles. The van der Waals surface area contributed by atoms with Crippen molar-refractivity contribution in [2.75, 3.05) is 16.8 Å². The summed E-state index contributed by atoms with van der Waals surface area (Å²) in [7, 11) is 0. The number of rotatable bonds is 16. The maximum Gasteiger partial charge on any atom is 0.224 e. The number of nitrogens with zero attached hydrogens (tertiary/aromatic N) is 1. The van der Waals surface area contributed by atoms with Crippen LogP contribution in [-0.4, -0.2) is 33.8 Å². The summed E-state index contributed by atoms with van der Waals surface area (Å²) >= 11 is 1.67. The van der Waals surface area contributed by atoms with Crippen LogP contribution in [0.2, 0.25) is 0 Å². The quantitative estimate of drug-likeness (QED) is 0.0452. The van der Waals surface area contributed by atoms with Crippen molar-refractivity contribution >= 4 is 35.0 Å². The summed E-state index contributed by atoms with van der Waals surface area (Å²) < 4.78 is 13.1. The molecule has 0 unspecified atom stereocenters. The Morgan fingerprint density at radius 2 is 1.53 bits per heavy atom. The number of benzene rings is 4. The first-order valence-electron chi connectivity index (χ1n) is 18.1. The number of hydrogen-bond donors (Lipinski definition) is 4. The van der Waals surface area contributed by atoms with Crippen LogP contribution in [0.15, 0.2) is 126 Å². The zero-order valence-electron chi connectivity index (χ0n) is 29.7. The van der Waals surface area contributed by atoms with Crippen LogP contribution in [0.1, 0.15) is 73.2 Å². The van der Waals surface area contributed by atoms with Crippen molar-refractivity contribution in [3.8, 4) is 11.1 Å². The van der Waals surface area contributed by atoms with Crippen LogP contribution in [0.3, 0.4) is 0 Å².